The van der Waals surface area contributed by atoms with E-state index in [2.05, 4.69) is 5.32 Å². The van der Waals surface area contributed by atoms with Crippen LogP contribution in [0.4, 0.5) is 0 Å². The summed E-state index contributed by atoms with van der Waals surface area (Å²) < 4.78 is 34.1. The molecule has 1 N–H and O–H groups in total. The number of halogens is 1. The van der Waals surface area contributed by atoms with Gasteiger partial charge >= 0.3 is 0 Å². The van der Waals surface area contributed by atoms with E-state index in [4.69, 9.17) is 20.2 Å². The minimum absolute atomic E-state index is 0.121. The molecular weight excluding hydrogens is 320 g/mol. The molecular formula is C12H19ClN2O5S. The molecule has 120 valence electrons. The highest BCUT2D eigenvalue weighted by atomic mass is 35.7. The predicted octanol–water partition coefficient (Wildman–Crippen LogP) is 0.827. The number of methoxy groups -OCH3 is 2. The van der Waals surface area contributed by atoms with Crippen LogP contribution in [0.2, 0.25) is 0 Å². The number of hydrogen-bond acceptors (Lipinski definition) is 5. The lowest BCUT2D eigenvalue weighted by Gasteiger charge is -2.14. The van der Waals surface area contributed by atoms with Gasteiger partial charge in [-0.15, -0.1) is 0 Å². The van der Waals surface area contributed by atoms with E-state index in [0.29, 0.717) is 19.8 Å². The maximum Gasteiger partial charge on any atom is 0.268 e. The molecule has 0 saturated heterocycles. The summed E-state index contributed by atoms with van der Waals surface area (Å²) in [5, 5.41) is 2.72. The van der Waals surface area contributed by atoms with Gasteiger partial charge in [0.2, 0.25) is 0 Å². The lowest BCUT2D eigenvalue weighted by atomic mass is 10.3. The fraction of sp³-hybridized carbons (Fsp3) is 0.583. The van der Waals surface area contributed by atoms with Crippen LogP contribution in [-0.4, -0.2) is 52.4 Å². The Kier molecular flexibility index (Phi) is 6.66. The molecule has 21 heavy (non-hydrogen) atoms. The van der Waals surface area contributed by atoms with Crippen molar-refractivity contribution in [3.05, 3.63) is 18.0 Å². The molecule has 0 spiro atoms. The Morgan fingerprint density at radius 1 is 1.43 bits per heavy atom. The summed E-state index contributed by atoms with van der Waals surface area (Å²) >= 11 is 0. The van der Waals surface area contributed by atoms with Crippen molar-refractivity contribution in [2.75, 3.05) is 27.4 Å². The van der Waals surface area contributed by atoms with Crippen LogP contribution in [-0.2, 0) is 25.1 Å². The van der Waals surface area contributed by atoms with Gasteiger partial charge in [0.25, 0.3) is 15.0 Å². The lowest BCUT2D eigenvalue weighted by molar-refractivity contribution is 0.0893. The van der Waals surface area contributed by atoms with Gasteiger partial charge in [0.1, 0.15) is 10.6 Å². The Balaban J connectivity index is 3.02. The van der Waals surface area contributed by atoms with E-state index in [1.54, 1.807) is 6.92 Å². The third kappa shape index (κ3) is 5.31. The normalized spacial score (nSPS) is 13.1. The Bertz CT molecular complexity index is 584. The minimum Gasteiger partial charge on any atom is -0.383 e. The van der Waals surface area contributed by atoms with Crippen LogP contribution >= 0.6 is 10.7 Å². The van der Waals surface area contributed by atoms with Crippen LogP contribution in [0, 0.1) is 0 Å². The molecule has 0 aromatic carbocycles. The molecule has 7 nitrogen and oxygen atoms in total. The summed E-state index contributed by atoms with van der Waals surface area (Å²) in [5.74, 6) is -0.401. The Morgan fingerprint density at radius 3 is 2.62 bits per heavy atom. The van der Waals surface area contributed by atoms with Gasteiger partial charge < -0.3 is 19.4 Å². The quantitative estimate of drug-likeness (QED) is 0.709. The van der Waals surface area contributed by atoms with Gasteiger partial charge in [0.05, 0.1) is 13.2 Å². The molecule has 1 unspecified atom stereocenters. The van der Waals surface area contributed by atoms with Crippen molar-refractivity contribution in [2.45, 2.75) is 24.4 Å². The lowest BCUT2D eigenvalue weighted by Crippen LogP contribution is -2.36. The van der Waals surface area contributed by atoms with Crippen LogP contribution in [0.15, 0.2) is 17.2 Å². The number of rotatable bonds is 8. The third-order valence-corrected chi connectivity index (χ3v) is 4.04. The number of carbonyl (C=O) groups is 1. The molecule has 1 aromatic rings. The predicted molar refractivity (Wildman–Crippen MR) is 78.2 cm³/mol. The number of nitrogens with one attached hydrogen (secondary N) is 1. The maximum absolute atomic E-state index is 12.2. The summed E-state index contributed by atoms with van der Waals surface area (Å²) in [7, 11) is 4.46. The summed E-state index contributed by atoms with van der Waals surface area (Å²) in [6.45, 7) is 2.81. The van der Waals surface area contributed by atoms with Gasteiger partial charge in [-0.1, -0.05) is 0 Å². The van der Waals surface area contributed by atoms with E-state index in [1.807, 2.05) is 0 Å². The molecule has 0 radical (unpaired) electrons. The smallest absolute Gasteiger partial charge is 0.268 e. The molecule has 0 aliphatic heterocycles. The minimum atomic E-state index is -3.90. The first-order chi connectivity index (χ1) is 9.79. The molecule has 1 amide bonds. The average Bonchev–Trinajstić information content (AvgIpc) is 2.80. The third-order valence-electron chi connectivity index (χ3n) is 2.72. The fourth-order valence-corrected chi connectivity index (χ4v) is 2.53. The molecule has 1 heterocycles. The maximum atomic E-state index is 12.2. The Hall–Kier alpha value is -1.09. The zero-order valence-corrected chi connectivity index (χ0v) is 13.7. The van der Waals surface area contributed by atoms with E-state index in [0.717, 1.165) is 0 Å². The molecule has 1 aromatic heterocycles. The van der Waals surface area contributed by atoms with E-state index < -0.39 is 15.0 Å². The van der Waals surface area contributed by atoms with Gasteiger partial charge in [-0.2, -0.15) is 0 Å². The second-order valence-electron chi connectivity index (χ2n) is 4.51. The largest absolute Gasteiger partial charge is 0.383 e. The number of ether oxygens (including phenoxy) is 2. The standard InChI is InChI=1S/C12H19ClN2O5S/c1-9(8-20-3)14-12(16)11-6-10(21(13,17)18)7-15(11)4-5-19-2/h6-7,9H,4-5,8H2,1-3H3,(H,14,16). The molecule has 0 fully saturated rings. The highest BCUT2D eigenvalue weighted by molar-refractivity contribution is 8.13. The van der Waals surface area contributed by atoms with Crippen LogP contribution in [0.1, 0.15) is 17.4 Å². The number of amides is 1. The topological polar surface area (TPSA) is 86.6 Å². The Morgan fingerprint density at radius 2 is 2.10 bits per heavy atom. The zero-order chi connectivity index (χ0) is 16.0. The number of aromatic nitrogens is 1. The van der Waals surface area contributed by atoms with E-state index in [1.165, 1.54) is 31.0 Å². The van der Waals surface area contributed by atoms with Crippen LogP contribution in [0.25, 0.3) is 0 Å². The SMILES string of the molecule is COCCn1cc(S(=O)(=O)Cl)cc1C(=O)NC(C)COC. The van der Waals surface area contributed by atoms with Crippen molar-refractivity contribution in [3.63, 3.8) is 0 Å². The summed E-state index contributed by atoms with van der Waals surface area (Å²) in [4.78, 5) is 12.1. The molecule has 0 bridgehead atoms. The number of nitrogens with zero attached hydrogens (tertiary/aromatic N) is 1. The van der Waals surface area contributed by atoms with E-state index in [9.17, 15) is 13.2 Å². The second kappa shape index (κ2) is 7.79. The van der Waals surface area contributed by atoms with Crippen molar-refractivity contribution in [2.24, 2.45) is 0 Å². The monoisotopic (exact) mass is 338 g/mol. The molecule has 1 rings (SSSR count). The van der Waals surface area contributed by atoms with Gasteiger partial charge in [-0.3, -0.25) is 4.79 Å². The molecule has 0 aliphatic rings. The average molecular weight is 339 g/mol. The van der Waals surface area contributed by atoms with E-state index >= 15 is 0 Å². The van der Waals surface area contributed by atoms with Crippen molar-refractivity contribution in [1.82, 2.24) is 9.88 Å². The van der Waals surface area contributed by atoms with Crippen LogP contribution in [0.5, 0.6) is 0 Å². The van der Waals surface area contributed by atoms with Crippen molar-refractivity contribution in [3.8, 4) is 0 Å². The first-order valence-corrected chi connectivity index (χ1v) is 8.54. The molecule has 0 saturated carbocycles. The van der Waals surface area contributed by atoms with Crippen LogP contribution < -0.4 is 5.32 Å². The van der Waals surface area contributed by atoms with Gasteiger partial charge in [0, 0.05) is 43.7 Å². The van der Waals surface area contributed by atoms with Gasteiger partial charge in [0.15, 0.2) is 0 Å². The zero-order valence-electron chi connectivity index (χ0n) is 12.1. The van der Waals surface area contributed by atoms with Crippen molar-refractivity contribution < 1.29 is 22.7 Å². The van der Waals surface area contributed by atoms with Crippen LogP contribution in [0.3, 0.4) is 0 Å². The number of carbonyl (C=O) groups excluding carboxylic acids is 1. The summed E-state index contributed by atoms with van der Waals surface area (Å²) in [5.41, 5.74) is 0.203. The molecule has 0 aliphatic carbocycles. The van der Waals surface area contributed by atoms with Gasteiger partial charge in [-0.05, 0) is 13.0 Å². The summed E-state index contributed by atoms with van der Waals surface area (Å²) in [6, 6.07) is 1.04. The molecule has 1 atom stereocenters. The summed E-state index contributed by atoms with van der Waals surface area (Å²) in [6.07, 6.45) is 1.32. The van der Waals surface area contributed by atoms with Gasteiger partial charge in [-0.25, -0.2) is 8.42 Å². The van der Waals surface area contributed by atoms with Crippen molar-refractivity contribution >= 4 is 25.6 Å². The van der Waals surface area contributed by atoms with E-state index in [-0.39, 0.29) is 16.6 Å². The first-order valence-electron chi connectivity index (χ1n) is 6.23. The van der Waals surface area contributed by atoms with Crippen molar-refractivity contribution in [1.29, 1.82) is 0 Å². The second-order valence-corrected chi connectivity index (χ2v) is 7.08. The fourth-order valence-electron chi connectivity index (χ4n) is 1.77. The molecule has 9 heteroatoms. The highest BCUT2D eigenvalue weighted by Crippen LogP contribution is 2.18. The first kappa shape index (κ1) is 18.0. The highest BCUT2D eigenvalue weighted by Gasteiger charge is 2.20. The number of hydrogen-bond donors (Lipinski definition) is 1. The Labute approximate surface area is 128 Å².